The SMILES string of the molecule is CCCNC(CSCCC)c1cccc(OCC)c1. The molecule has 0 fully saturated rings. The van der Waals surface area contributed by atoms with E-state index in [1.807, 2.05) is 24.8 Å². The predicted octanol–water partition coefficient (Wildman–Crippen LogP) is 4.27. The van der Waals surface area contributed by atoms with E-state index < -0.39 is 0 Å². The van der Waals surface area contributed by atoms with Gasteiger partial charge in [-0.1, -0.05) is 26.0 Å². The minimum absolute atomic E-state index is 0.428. The van der Waals surface area contributed by atoms with Crippen molar-refractivity contribution in [2.75, 3.05) is 24.7 Å². The standard InChI is InChI=1S/C16H27NOS/c1-4-10-17-16(13-19-11-5-2)14-8-7-9-15(12-14)18-6-3/h7-9,12,16-17H,4-6,10-11,13H2,1-3H3. The monoisotopic (exact) mass is 281 g/mol. The molecule has 0 amide bonds. The van der Waals surface area contributed by atoms with E-state index in [0.29, 0.717) is 6.04 Å². The highest BCUT2D eigenvalue weighted by Gasteiger charge is 2.11. The van der Waals surface area contributed by atoms with Crippen LogP contribution in [0, 0.1) is 0 Å². The topological polar surface area (TPSA) is 21.3 Å². The third-order valence-corrected chi connectivity index (χ3v) is 4.11. The van der Waals surface area contributed by atoms with E-state index in [-0.39, 0.29) is 0 Å². The zero-order valence-corrected chi connectivity index (χ0v) is 13.3. The summed E-state index contributed by atoms with van der Waals surface area (Å²) in [6.07, 6.45) is 2.41. The molecule has 1 unspecified atom stereocenters. The summed E-state index contributed by atoms with van der Waals surface area (Å²) in [6.45, 7) is 8.25. The fourth-order valence-corrected chi connectivity index (χ4v) is 2.93. The Morgan fingerprint density at radius 1 is 1.21 bits per heavy atom. The molecular formula is C16H27NOS. The van der Waals surface area contributed by atoms with E-state index in [4.69, 9.17) is 4.74 Å². The average molecular weight is 281 g/mol. The van der Waals surface area contributed by atoms with Crippen LogP contribution in [0.25, 0.3) is 0 Å². The summed E-state index contributed by atoms with van der Waals surface area (Å²) in [5, 5.41) is 3.64. The van der Waals surface area contributed by atoms with Crippen molar-refractivity contribution in [3.8, 4) is 5.75 Å². The number of benzene rings is 1. The zero-order valence-electron chi connectivity index (χ0n) is 12.4. The largest absolute Gasteiger partial charge is 0.494 e. The van der Waals surface area contributed by atoms with Gasteiger partial charge in [-0.3, -0.25) is 0 Å². The lowest BCUT2D eigenvalue weighted by molar-refractivity contribution is 0.339. The van der Waals surface area contributed by atoms with Gasteiger partial charge in [0.15, 0.2) is 0 Å². The quantitative estimate of drug-likeness (QED) is 0.647. The Morgan fingerprint density at radius 2 is 2.05 bits per heavy atom. The second-order valence-corrected chi connectivity index (χ2v) is 5.74. The molecule has 108 valence electrons. The third kappa shape index (κ3) is 6.35. The maximum absolute atomic E-state index is 5.59. The molecule has 0 heterocycles. The van der Waals surface area contributed by atoms with E-state index in [2.05, 4.69) is 37.4 Å². The number of hydrogen-bond donors (Lipinski definition) is 1. The molecule has 0 aliphatic rings. The molecular weight excluding hydrogens is 254 g/mol. The Bertz CT molecular complexity index is 343. The van der Waals surface area contributed by atoms with Crippen LogP contribution in [0.2, 0.25) is 0 Å². The summed E-state index contributed by atoms with van der Waals surface area (Å²) in [5.41, 5.74) is 1.34. The molecule has 1 aromatic carbocycles. The fraction of sp³-hybridized carbons (Fsp3) is 0.625. The van der Waals surface area contributed by atoms with Gasteiger partial charge in [0.25, 0.3) is 0 Å². The van der Waals surface area contributed by atoms with Crippen molar-refractivity contribution < 1.29 is 4.74 Å². The maximum atomic E-state index is 5.59. The van der Waals surface area contributed by atoms with Crippen molar-refractivity contribution in [3.63, 3.8) is 0 Å². The number of rotatable bonds is 10. The van der Waals surface area contributed by atoms with Crippen molar-refractivity contribution in [1.29, 1.82) is 0 Å². The molecule has 1 N–H and O–H groups in total. The summed E-state index contributed by atoms with van der Waals surface area (Å²) in [7, 11) is 0. The minimum Gasteiger partial charge on any atom is -0.494 e. The van der Waals surface area contributed by atoms with Gasteiger partial charge in [-0.2, -0.15) is 11.8 Å². The number of thioether (sulfide) groups is 1. The normalized spacial score (nSPS) is 12.4. The Morgan fingerprint density at radius 3 is 2.74 bits per heavy atom. The number of ether oxygens (including phenoxy) is 1. The summed E-state index contributed by atoms with van der Waals surface area (Å²) in [5.74, 6) is 3.34. The number of nitrogens with one attached hydrogen (secondary N) is 1. The van der Waals surface area contributed by atoms with Gasteiger partial charge in [0, 0.05) is 11.8 Å². The van der Waals surface area contributed by atoms with E-state index in [1.54, 1.807) is 0 Å². The first-order valence-electron chi connectivity index (χ1n) is 7.35. The van der Waals surface area contributed by atoms with Crippen LogP contribution < -0.4 is 10.1 Å². The van der Waals surface area contributed by atoms with E-state index >= 15 is 0 Å². The zero-order chi connectivity index (χ0) is 13.9. The maximum Gasteiger partial charge on any atom is 0.119 e. The van der Waals surface area contributed by atoms with Gasteiger partial charge in [0.1, 0.15) is 5.75 Å². The van der Waals surface area contributed by atoms with Gasteiger partial charge in [-0.05, 0) is 49.8 Å². The minimum atomic E-state index is 0.428. The first kappa shape index (κ1) is 16.4. The third-order valence-electron chi connectivity index (χ3n) is 2.85. The summed E-state index contributed by atoms with van der Waals surface area (Å²) >= 11 is 2.02. The predicted molar refractivity (Wildman–Crippen MR) is 86.3 cm³/mol. The Balaban J connectivity index is 2.68. The molecule has 3 heteroatoms. The van der Waals surface area contributed by atoms with Crippen molar-refractivity contribution >= 4 is 11.8 Å². The van der Waals surface area contributed by atoms with Crippen LogP contribution in [-0.4, -0.2) is 24.7 Å². The Labute approximate surface area is 122 Å². The molecule has 0 aromatic heterocycles. The smallest absolute Gasteiger partial charge is 0.119 e. The van der Waals surface area contributed by atoms with Crippen LogP contribution in [0.15, 0.2) is 24.3 Å². The summed E-state index contributed by atoms with van der Waals surface area (Å²) in [4.78, 5) is 0. The summed E-state index contributed by atoms with van der Waals surface area (Å²) < 4.78 is 5.59. The van der Waals surface area contributed by atoms with Crippen molar-refractivity contribution in [2.24, 2.45) is 0 Å². The highest BCUT2D eigenvalue weighted by Crippen LogP contribution is 2.23. The van der Waals surface area contributed by atoms with E-state index in [0.717, 1.165) is 24.7 Å². The second kappa shape index (κ2) is 10.2. The molecule has 0 aliphatic carbocycles. The summed E-state index contributed by atoms with van der Waals surface area (Å²) in [6, 6.07) is 8.91. The molecule has 1 atom stereocenters. The molecule has 0 spiro atoms. The van der Waals surface area contributed by atoms with Gasteiger partial charge in [0.2, 0.25) is 0 Å². The number of hydrogen-bond acceptors (Lipinski definition) is 3. The molecule has 0 radical (unpaired) electrons. The molecule has 0 bridgehead atoms. The van der Waals surface area contributed by atoms with Gasteiger partial charge in [-0.15, -0.1) is 0 Å². The van der Waals surface area contributed by atoms with Crippen LogP contribution in [0.4, 0.5) is 0 Å². The molecule has 1 rings (SSSR count). The van der Waals surface area contributed by atoms with Gasteiger partial charge in [-0.25, -0.2) is 0 Å². The van der Waals surface area contributed by atoms with Gasteiger partial charge >= 0.3 is 0 Å². The van der Waals surface area contributed by atoms with Gasteiger partial charge in [0.05, 0.1) is 6.61 Å². The molecule has 19 heavy (non-hydrogen) atoms. The van der Waals surface area contributed by atoms with Crippen LogP contribution in [0.5, 0.6) is 5.75 Å². The molecule has 0 saturated carbocycles. The molecule has 0 saturated heterocycles. The Kier molecular flexibility index (Phi) is 8.76. The van der Waals surface area contributed by atoms with Crippen LogP contribution in [0.1, 0.15) is 45.2 Å². The fourth-order valence-electron chi connectivity index (χ4n) is 1.92. The first-order valence-corrected chi connectivity index (χ1v) is 8.51. The lowest BCUT2D eigenvalue weighted by atomic mass is 10.1. The highest BCUT2D eigenvalue weighted by molar-refractivity contribution is 7.99. The lowest BCUT2D eigenvalue weighted by Crippen LogP contribution is -2.24. The van der Waals surface area contributed by atoms with Crippen LogP contribution >= 0.6 is 11.8 Å². The molecule has 2 nitrogen and oxygen atoms in total. The second-order valence-electron chi connectivity index (χ2n) is 4.59. The highest BCUT2D eigenvalue weighted by atomic mass is 32.2. The molecule has 0 aliphatic heterocycles. The van der Waals surface area contributed by atoms with Gasteiger partial charge < -0.3 is 10.1 Å². The van der Waals surface area contributed by atoms with Crippen molar-refractivity contribution in [2.45, 2.75) is 39.7 Å². The van der Waals surface area contributed by atoms with Crippen LogP contribution in [0.3, 0.4) is 0 Å². The lowest BCUT2D eigenvalue weighted by Gasteiger charge is -2.19. The molecule has 1 aromatic rings. The van der Waals surface area contributed by atoms with Crippen LogP contribution in [-0.2, 0) is 0 Å². The first-order chi connectivity index (χ1) is 9.31. The van der Waals surface area contributed by atoms with Crippen molar-refractivity contribution in [1.82, 2.24) is 5.32 Å². The van der Waals surface area contributed by atoms with Crippen molar-refractivity contribution in [3.05, 3.63) is 29.8 Å². The van der Waals surface area contributed by atoms with E-state index in [1.165, 1.54) is 24.2 Å². The average Bonchev–Trinajstić information content (AvgIpc) is 2.43. The van der Waals surface area contributed by atoms with E-state index in [9.17, 15) is 0 Å². The Hall–Kier alpha value is -0.670.